The van der Waals surface area contributed by atoms with Crippen LogP contribution >= 0.6 is 0 Å². The average molecular weight is 276 g/mol. The van der Waals surface area contributed by atoms with Gasteiger partial charge in [0.15, 0.2) is 0 Å². The predicted octanol–water partition coefficient (Wildman–Crippen LogP) is 2.42. The van der Waals surface area contributed by atoms with Gasteiger partial charge in [0.2, 0.25) is 0 Å². The van der Waals surface area contributed by atoms with Crippen molar-refractivity contribution in [2.24, 2.45) is 7.05 Å². The third-order valence-corrected chi connectivity index (χ3v) is 3.09. The first kappa shape index (κ1) is 13.8. The third kappa shape index (κ3) is 2.40. The van der Waals surface area contributed by atoms with Crippen LogP contribution in [0.15, 0.2) is 30.3 Å². The molecule has 2 N–H and O–H groups in total. The monoisotopic (exact) mass is 276 g/mol. The molecule has 0 saturated carbocycles. The number of nitrogens with one attached hydrogen (secondary N) is 1. The summed E-state index contributed by atoms with van der Waals surface area (Å²) in [5.41, 5.74) is 0.567. The van der Waals surface area contributed by atoms with E-state index < -0.39 is 17.7 Å². The molecule has 0 bridgehead atoms. The van der Waals surface area contributed by atoms with Gasteiger partial charge in [-0.2, -0.15) is 0 Å². The van der Waals surface area contributed by atoms with Gasteiger partial charge >= 0.3 is 5.97 Å². The third-order valence-electron chi connectivity index (χ3n) is 3.09. The fourth-order valence-electron chi connectivity index (χ4n) is 1.85. The van der Waals surface area contributed by atoms with Crippen LogP contribution in [-0.2, 0) is 7.05 Å². The van der Waals surface area contributed by atoms with Crippen LogP contribution in [0.25, 0.3) is 0 Å². The summed E-state index contributed by atoms with van der Waals surface area (Å²) < 4.78 is 15.3. The second-order valence-electron chi connectivity index (χ2n) is 4.34. The minimum Gasteiger partial charge on any atom is -0.478 e. The maximum atomic E-state index is 13.7. The van der Waals surface area contributed by atoms with Crippen molar-refractivity contribution in [3.8, 4) is 0 Å². The Balaban J connectivity index is 2.38. The number of anilines is 1. The van der Waals surface area contributed by atoms with Crippen molar-refractivity contribution in [3.63, 3.8) is 0 Å². The number of halogens is 1. The molecule has 0 aliphatic heterocycles. The first-order valence-corrected chi connectivity index (χ1v) is 5.87. The number of carbonyl (C=O) groups is 2. The van der Waals surface area contributed by atoms with Crippen molar-refractivity contribution >= 4 is 17.6 Å². The number of carbonyl (C=O) groups excluding carboxylic acids is 1. The lowest BCUT2D eigenvalue weighted by atomic mass is 10.1. The normalized spacial score (nSPS) is 10.3. The lowest BCUT2D eigenvalue weighted by Crippen LogP contribution is -2.19. The van der Waals surface area contributed by atoms with E-state index in [0.717, 1.165) is 11.8 Å². The number of aromatic nitrogens is 1. The highest BCUT2D eigenvalue weighted by Crippen LogP contribution is 2.21. The van der Waals surface area contributed by atoms with Crippen LogP contribution < -0.4 is 5.32 Å². The van der Waals surface area contributed by atoms with Gasteiger partial charge in [-0.3, -0.25) is 4.79 Å². The van der Waals surface area contributed by atoms with Gasteiger partial charge in [0.05, 0.1) is 11.3 Å². The number of rotatable bonds is 3. The van der Waals surface area contributed by atoms with E-state index in [0.29, 0.717) is 5.69 Å². The molecule has 0 aliphatic carbocycles. The molecule has 6 heteroatoms. The average Bonchev–Trinajstić information content (AvgIpc) is 2.72. The number of nitrogens with zero attached hydrogens (tertiary/aromatic N) is 1. The van der Waals surface area contributed by atoms with Gasteiger partial charge in [0.1, 0.15) is 11.5 Å². The lowest BCUT2D eigenvalue weighted by Gasteiger charge is -2.10. The van der Waals surface area contributed by atoms with E-state index in [9.17, 15) is 14.0 Å². The Morgan fingerprint density at radius 1 is 1.25 bits per heavy atom. The van der Waals surface area contributed by atoms with Crippen molar-refractivity contribution in [2.75, 3.05) is 5.32 Å². The standard InChI is InChI=1S/C14H13FN2O3/c1-8-6-7-11(17(8)2)13(18)16-12-9(14(19)20)4-3-5-10(12)15/h3-7H,1-2H3,(H,16,18)(H,19,20). The molecular formula is C14H13FN2O3. The van der Waals surface area contributed by atoms with Crippen LogP contribution in [0, 0.1) is 12.7 Å². The van der Waals surface area contributed by atoms with Gasteiger partial charge in [0, 0.05) is 12.7 Å². The summed E-state index contributed by atoms with van der Waals surface area (Å²) in [4.78, 5) is 23.1. The molecule has 0 atom stereocenters. The van der Waals surface area contributed by atoms with Crippen molar-refractivity contribution < 1.29 is 19.1 Å². The Kier molecular flexibility index (Phi) is 3.56. The van der Waals surface area contributed by atoms with E-state index in [1.54, 1.807) is 23.7 Å². The molecule has 0 unspecified atom stereocenters. The van der Waals surface area contributed by atoms with Gasteiger partial charge in [-0.05, 0) is 31.2 Å². The zero-order valence-electron chi connectivity index (χ0n) is 11.0. The van der Waals surface area contributed by atoms with Crippen LogP contribution in [0.3, 0.4) is 0 Å². The number of carboxylic acid groups (broad SMARTS) is 1. The summed E-state index contributed by atoms with van der Waals surface area (Å²) >= 11 is 0. The molecule has 0 saturated heterocycles. The van der Waals surface area contributed by atoms with Gasteiger partial charge in [-0.15, -0.1) is 0 Å². The van der Waals surface area contributed by atoms with E-state index in [2.05, 4.69) is 5.32 Å². The lowest BCUT2D eigenvalue weighted by molar-refractivity contribution is 0.0697. The Hall–Kier alpha value is -2.63. The summed E-state index contributed by atoms with van der Waals surface area (Å²) in [6.07, 6.45) is 0. The molecule has 104 valence electrons. The summed E-state index contributed by atoms with van der Waals surface area (Å²) in [5.74, 6) is -2.65. The molecule has 1 heterocycles. The Labute approximate surface area is 114 Å². The first-order chi connectivity index (χ1) is 9.41. The Morgan fingerprint density at radius 2 is 1.95 bits per heavy atom. The first-order valence-electron chi connectivity index (χ1n) is 5.87. The zero-order valence-corrected chi connectivity index (χ0v) is 11.0. The molecule has 1 aromatic carbocycles. The Morgan fingerprint density at radius 3 is 2.50 bits per heavy atom. The summed E-state index contributed by atoms with van der Waals surface area (Å²) in [6.45, 7) is 1.82. The van der Waals surface area contributed by atoms with Gasteiger partial charge < -0.3 is 15.0 Å². The molecule has 0 aliphatic rings. The van der Waals surface area contributed by atoms with Crippen LogP contribution in [0.4, 0.5) is 10.1 Å². The maximum absolute atomic E-state index is 13.7. The molecule has 2 aromatic rings. The number of para-hydroxylation sites is 1. The molecule has 20 heavy (non-hydrogen) atoms. The highest BCUT2D eigenvalue weighted by molar-refractivity contribution is 6.07. The van der Waals surface area contributed by atoms with Gasteiger partial charge in [-0.1, -0.05) is 6.07 Å². The summed E-state index contributed by atoms with van der Waals surface area (Å²) in [7, 11) is 1.70. The van der Waals surface area contributed by atoms with E-state index in [-0.39, 0.29) is 11.3 Å². The van der Waals surface area contributed by atoms with Crippen molar-refractivity contribution in [1.29, 1.82) is 0 Å². The SMILES string of the molecule is Cc1ccc(C(=O)Nc2c(F)cccc2C(=O)O)n1C. The number of hydrogen-bond donors (Lipinski definition) is 2. The predicted molar refractivity (Wildman–Crippen MR) is 71.5 cm³/mol. The van der Waals surface area contributed by atoms with Crippen molar-refractivity contribution in [2.45, 2.75) is 6.92 Å². The molecular weight excluding hydrogens is 263 g/mol. The van der Waals surface area contributed by atoms with Crippen molar-refractivity contribution in [1.82, 2.24) is 4.57 Å². The largest absolute Gasteiger partial charge is 0.478 e. The van der Waals surface area contributed by atoms with Crippen LogP contribution in [-0.4, -0.2) is 21.6 Å². The molecule has 0 fully saturated rings. The number of aromatic carboxylic acids is 1. The van der Waals surface area contributed by atoms with Crippen LogP contribution in [0.5, 0.6) is 0 Å². The summed E-state index contributed by atoms with van der Waals surface area (Å²) in [6, 6.07) is 6.94. The molecule has 1 amide bonds. The smallest absolute Gasteiger partial charge is 0.337 e. The van der Waals surface area contributed by atoms with Crippen LogP contribution in [0.2, 0.25) is 0 Å². The molecule has 0 spiro atoms. The number of hydrogen-bond acceptors (Lipinski definition) is 2. The van der Waals surface area contributed by atoms with E-state index in [1.165, 1.54) is 12.1 Å². The molecule has 1 aromatic heterocycles. The maximum Gasteiger partial charge on any atom is 0.337 e. The van der Waals surface area contributed by atoms with Crippen molar-refractivity contribution in [3.05, 3.63) is 53.1 Å². The summed E-state index contributed by atoms with van der Waals surface area (Å²) in [5, 5.41) is 11.3. The molecule has 2 rings (SSSR count). The van der Waals surface area contributed by atoms with Gasteiger partial charge in [-0.25, -0.2) is 9.18 Å². The fraction of sp³-hybridized carbons (Fsp3) is 0.143. The highest BCUT2D eigenvalue weighted by Gasteiger charge is 2.18. The highest BCUT2D eigenvalue weighted by atomic mass is 19.1. The van der Waals surface area contributed by atoms with E-state index >= 15 is 0 Å². The molecule has 0 radical (unpaired) electrons. The van der Waals surface area contributed by atoms with E-state index in [1.807, 2.05) is 6.92 Å². The quantitative estimate of drug-likeness (QED) is 0.904. The minimum atomic E-state index is -1.30. The Bertz CT molecular complexity index is 692. The van der Waals surface area contributed by atoms with Gasteiger partial charge in [0.25, 0.3) is 5.91 Å². The number of amides is 1. The van der Waals surface area contributed by atoms with Crippen LogP contribution in [0.1, 0.15) is 26.5 Å². The molecule has 5 nitrogen and oxygen atoms in total. The fourth-order valence-corrected chi connectivity index (χ4v) is 1.85. The minimum absolute atomic E-state index is 0.288. The number of benzene rings is 1. The second-order valence-corrected chi connectivity index (χ2v) is 4.34. The second kappa shape index (κ2) is 5.16. The number of carboxylic acids is 1. The topological polar surface area (TPSA) is 71.3 Å². The zero-order chi connectivity index (χ0) is 14.9. The van der Waals surface area contributed by atoms with E-state index in [4.69, 9.17) is 5.11 Å². The number of aryl methyl sites for hydroxylation is 1.